The second-order valence-electron chi connectivity index (χ2n) is 5.18. The van der Waals surface area contributed by atoms with Gasteiger partial charge in [0.2, 0.25) is 5.91 Å². The monoisotopic (exact) mass is 258 g/mol. The Kier molecular flexibility index (Phi) is 3.42. The summed E-state index contributed by atoms with van der Waals surface area (Å²) in [5.41, 5.74) is 8.74. The molecule has 1 unspecified atom stereocenters. The van der Waals surface area contributed by atoms with Gasteiger partial charge in [0.1, 0.15) is 0 Å². The number of nitrogens with two attached hydrogens (primary N) is 1. The third-order valence-electron chi connectivity index (χ3n) is 3.38. The van der Waals surface area contributed by atoms with Crippen LogP contribution in [-0.2, 0) is 11.2 Å². The van der Waals surface area contributed by atoms with E-state index in [-0.39, 0.29) is 17.4 Å². The van der Waals surface area contributed by atoms with Crippen molar-refractivity contribution in [1.82, 2.24) is 4.98 Å². The number of hydrogen-bond donors (Lipinski definition) is 2. The van der Waals surface area contributed by atoms with Crippen molar-refractivity contribution in [2.24, 2.45) is 11.7 Å². The highest BCUT2D eigenvalue weighted by atomic mass is 16.1. The molecule has 0 spiro atoms. The number of amides is 1. The largest absolute Gasteiger partial charge is 0.369 e. The molecule has 4 heteroatoms. The van der Waals surface area contributed by atoms with E-state index in [1.807, 2.05) is 32.0 Å². The summed E-state index contributed by atoms with van der Waals surface area (Å²) in [5.74, 6) is -0.732. The fourth-order valence-corrected chi connectivity index (χ4v) is 2.31. The number of nitrogens with one attached hydrogen (secondary N) is 1. The molecule has 3 N–H and O–H groups in total. The minimum Gasteiger partial charge on any atom is -0.369 e. The van der Waals surface area contributed by atoms with Crippen LogP contribution in [0, 0.1) is 19.8 Å². The lowest BCUT2D eigenvalue weighted by Gasteiger charge is -2.09. The number of benzene rings is 1. The number of pyridine rings is 1. The summed E-state index contributed by atoms with van der Waals surface area (Å²) in [5, 5.41) is 0.990. The molecule has 0 saturated heterocycles. The van der Waals surface area contributed by atoms with Crippen molar-refractivity contribution in [3.05, 3.63) is 45.2 Å². The summed E-state index contributed by atoms with van der Waals surface area (Å²) in [6, 6.07) is 5.91. The van der Waals surface area contributed by atoms with Crippen molar-refractivity contribution in [2.45, 2.75) is 27.2 Å². The van der Waals surface area contributed by atoms with Crippen LogP contribution in [0.2, 0.25) is 0 Å². The lowest BCUT2D eigenvalue weighted by Crippen LogP contribution is -2.25. The maximum absolute atomic E-state index is 12.0. The zero-order chi connectivity index (χ0) is 14.2. The number of aromatic nitrogens is 1. The van der Waals surface area contributed by atoms with Crippen LogP contribution >= 0.6 is 0 Å². The number of aryl methyl sites for hydroxylation is 2. The minimum atomic E-state index is -0.389. The molecule has 1 aromatic carbocycles. The van der Waals surface area contributed by atoms with Crippen LogP contribution < -0.4 is 11.3 Å². The molecule has 1 heterocycles. The van der Waals surface area contributed by atoms with Crippen molar-refractivity contribution < 1.29 is 4.79 Å². The zero-order valence-corrected chi connectivity index (χ0v) is 11.4. The smallest absolute Gasteiger partial charge is 0.251 e. The highest BCUT2D eigenvalue weighted by Gasteiger charge is 2.13. The lowest BCUT2D eigenvalue weighted by molar-refractivity contribution is -0.121. The molecule has 1 amide bonds. The van der Waals surface area contributed by atoms with Crippen molar-refractivity contribution >= 4 is 16.8 Å². The number of fused-ring (bicyclic) bond motifs is 1. The second-order valence-corrected chi connectivity index (χ2v) is 5.18. The standard InChI is InChI=1S/C15H18N2O2/c1-8-4-9(2)13-11(5-8)7-12(15(19)17-13)6-10(3)14(16)18/h4-5,7,10H,6H2,1-3H3,(H2,16,18)(H,17,19). The molecule has 1 atom stereocenters. The van der Waals surface area contributed by atoms with Crippen molar-refractivity contribution in [3.63, 3.8) is 0 Å². The highest BCUT2D eigenvalue weighted by Crippen LogP contribution is 2.18. The highest BCUT2D eigenvalue weighted by molar-refractivity contribution is 5.83. The average molecular weight is 258 g/mol. The van der Waals surface area contributed by atoms with Crippen LogP contribution in [0.3, 0.4) is 0 Å². The number of carbonyl (C=O) groups is 1. The number of carbonyl (C=O) groups excluding carboxylic acids is 1. The molecule has 0 fully saturated rings. The van der Waals surface area contributed by atoms with E-state index in [1.165, 1.54) is 0 Å². The van der Waals surface area contributed by atoms with E-state index in [1.54, 1.807) is 6.92 Å². The fraction of sp³-hybridized carbons (Fsp3) is 0.333. The van der Waals surface area contributed by atoms with Gasteiger partial charge in [0.15, 0.2) is 0 Å². The number of primary amides is 1. The number of rotatable bonds is 3. The molecular weight excluding hydrogens is 240 g/mol. The molecular formula is C15H18N2O2. The van der Waals surface area contributed by atoms with E-state index >= 15 is 0 Å². The summed E-state index contributed by atoms with van der Waals surface area (Å²) in [4.78, 5) is 26.0. The quantitative estimate of drug-likeness (QED) is 0.881. The zero-order valence-electron chi connectivity index (χ0n) is 11.4. The molecule has 0 saturated carbocycles. The predicted octanol–water partition coefficient (Wildman–Crippen LogP) is 1.81. The third-order valence-corrected chi connectivity index (χ3v) is 3.38. The minimum absolute atomic E-state index is 0.146. The Labute approximate surface area is 111 Å². The second kappa shape index (κ2) is 4.88. The number of hydrogen-bond acceptors (Lipinski definition) is 2. The van der Waals surface area contributed by atoms with Crippen LogP contribution in [0.15, 0.2) is 23.0 Å². The first-order valence-corrected chi connectivity index (χ1v) is 6.31. The Morgan fingerprint density at radius 3 is 2.63 bits per heavy atom. The topological polar surface area (TPSA) is 75.9 Å². The van der Waals surface area contributed by atoms with E-state index in [4.69, 9.17) is 5.73 Å². The van der Waals surface area contributed by atoms with Crippen molar-refractivity contribution in [2.75, 3.05) is 0 Å². The molecule has 4 nitrogen and oxygen atoms in total. The first-order chi connectivity index (χ1) is 8.88. The van der Waals surface area contributed by atoms with E-state index in [2.05, 4.69) is 4.98 Å². The summed E-state index contributed by atoms with van der Waals surface area (Å²) < 4.78 is 0. The predicted molar refractivity (Wildman–Crippen MR) is 76.1 cm³/mol. The first-order valence-electron chi connectivity index (χ1n) is 6.31. The molecule has 2 aromatic rings. The van der Waals surface area contributed by atoms with Gasteiger partial charge < -0.3 is 10.7 Å². The molecule has 100 valence electrons. The number of aromatic amines is 1. The summed E-state index contributed by atoms with van der Waals surface area (Å²) in [6.07, 6.45) is 0.369. The molecule has 1 aromatic heterocycles. The van der Waals surface area contributed by atoms with Gasteiger partial charge in [0, 0.05) is 11.5 Å². The Balaban J connectivity index is 2.55. The van der Waals surface area contributed by atoms with Crippen molar-refractivity contribution in [1.29, 1.82) is 0 Å². The van der Waals surface area contributed by atoms with Crippen molar-refractivity contribution in [3.8, 4) is 0 Å². The van der Waals surface area contributed by atoms with E-state index in [0.717, 1.165) is 22.0 Å². The van der Waals surface area contributed by atoms with Gasteiger partial charge in [-0.15, -0.1) is 0 Å². The van der Waals surface area contributed by atoms with E-state index in [9.17, 15) is 9.59 Å². The molecule has 0 aliphatic heterocycles. The average Bonchev–Trinajstić information content (AvgIpc) is 2.31. The Morgan fingerprint density at radius 2 is 2.00 bits per heavy atom. The van der Waals surface area contributed by atoms with Gasteiger partial charge in [0.25, 0.3) is 5.56 Å². The van der Waals surface area contributed by atoms with Gasteiger partial charge in [-0.2, -0.15) is 0 Å². The fourth-order valence-electron chi connectivity index (χ4n) is 2.31. The normalized spacial score (nSPS) is 12.6. The molecule has 0 bridgehead atoms. The molecule has 0 aliphatic carbocycles. The Bertz CT molecular complexity index is 701. The Hall–Kier alpha value is -2.10. The third kappa shape index (κ3) is 2.67. The maximum Gasteiger partial charge on any atom is 0.251 e. The molecule has 0 radical (unpaired) electrons. The van der Waals surface area contributed by atoms with Crippen LogP contribution in [0.4, 0.5) is 0 Å². The van der Waals surface area contributed by atoms with E-state index in [0.29, 0.717) is 12.0 Å². The van der Waals surface area contributed by atoms with Gasteiger partial charge in [-0.1, -0.05) is 18.6 Å². The van der Waals surface area contributed by atoms with Gasteiger partial charge in [-0.05, 0) is 43.4 Å². The van der Waals surface area contributed by atoms with Gasteiger partial charge in [-0.3, -0.25) is 9.59 Å². The lowest BCUT2D eigenvalue weighted by atomic mass is 9.99. The van der Waals surface area contributed by atoms with Crippen LogP contribution in [0.5, 0.6) is 0 Å². The number of H-pyrrole nitrogens is 1. The van der Waals surface area contributed by atoms with Crippen LogP contribution in [0.25, 0.3) is 10.9 Å². The summed E-state index contributed by atoms with van der Waals surface area (Å²) in [7, 11) is 0. The SMILES string of the molecule is Cc1cc(C)c2[nH]c(=O)c(CC(C)C(N)=O)cc2c1. The summed E-state index contributed by atoms with van der Waals surface area (Å²) >= 11 is 0. The molecule has 0 aliphatic rings. The van der Waals surface area contributed by atoms with E-state index < -0.39 is 0 Å². The van der Waals surface area contributed by atoms with Crippen LogP contribution in [0.1, 0.15) is 23.6 Å². The van der Waals surface area contributed by atoms with Gasteiger partial charge in [0.05, 0.1) is 5.52 Å². The Morgan fingerprint density at radius 1 is 1.32 bits per heavy atom. The first kappa shape index (κ1) is 13.3. The summed E-state index contributed by atoms with van der Waals surface area (Å²) in [6.45, 7) is 5.72. The maximum atomic E-state index is 12.0. The molecule has 2 rings (SSSR count). The molecule has 19 heavy (non-hydrogen) atoms. The van der Waals surface area contributed by atoms with Gasteiger partial charge in [-0.25, -0.2) is 0 Å². The van der Waals surface area contributed by atoms with Gasteiger partial charge >= 0.3 is 0 Å². The van der Waals surface area contributed by atoms with Crippen LogP contribution in [-0.4, -0.2) is 10.9 Å².